The lowest BCUT2D eigenvalue weighted by molar-refractivity contribution is -0.00881. The number of rotatable bonds is 3. The van der Waals surface area contributed by atoms with Crippen molar-refractivity contribution in [2.24, 2.45) is 11.7 Å². The first kappa shape index (κ1) is 14.8. The van der Waals surface area contributed by atoms with Gasteiger partial charge in [0.2, 0.25) is 0 Å². The summed E-state index contributed by atoms with van der Waals surface area (Å²) in [5, 5.41) is -0.164. The fourth-order valence-electron chi connectivity index (χ4n) is 4.26. The number of nitrogens with zero attached hydrogens (tertiary/aromatic N) is 2. The molecule has 4 atom stereocenters. The second-order valence-corrected chi connectivity index (χ2v) is 9.19. The second kappa shape index (κ2) is 5.55. The van der Waals surface area contributed by atoms with Gasteiger partial charge in [-0.05, 0) is 25.2 Å². The van der Waals surface area contributed by atoms with Gasteiger partial charge in [0, 0.05) is 51.1 Å². The van der Waals surface area contributed by atoms with E-state index in [9.17, 15) is 8.42 Å². The average Bonchev–Trinajstić information content (AvgIpc) is 2.47. The van der Waals surface area contributed by atoms with Crippen molar-refractivity contribution >= 4 is 9.84 Å². The smallest absolute Gasteiger partial charge is 0.150 e. The Hall–Kier alpha value is -0.170. The van der Waals surface area contributed by atoms with Crippen LogP contribution in [0.2, 0.25) is 0 Å². The normalized spacial score (nSPS) is 43.4. The number of sulfone groups is 1. The van der Waals surface area contributed by atoms with Gasteiger partial charge in [0.25, 0.3) is 0 Å². The van der Waals surface area contributed by atoms with Crippen LogP contribution in [0.3, 0.4) is 0 Å². The molecule has 0 aromatic carbocycles. The van der Waals surface area contributed by atoms with E-state index in [1.54, 1.807) is 0 Å². The van der Waals surface area contributed by atoms with Crippen LogP contribution in [0.5, 0.6) is 0 Å². The molecule has 6 heteroatoms. The molecule has 2 N–H and O–H groups in total. The number of hydrogen-bond acceptors (Lipinski definition) is 5. The monoisotopic (exact) mass is 301 g/mol. The van der Waals surface area contributed by atoms with Crippen molar-refractivity contribution in [1.29, 1.82) is 0 Å². The third-order valence-corrected chi connectivity index (χ3v) is 7.22. The molecular formula is C14H27N3O2S. The van der Waals surface area contributed by atoms with Gasteiger partial charge in [0.05, 0.1) is 5.25 Å². The second-order valence-electron chi connectivity index (χ2n) is 6.86. The molecule has 0 amide bonds. The minimum atomic E-state index is -2.91. The van der Waals surface area contributed by atoms with Crippen molar-refractivity contribution < 1.29 is 8.42 Å². The lowest BCUT2D eigenvalue weighted by Crippen LogP contribution is -2.67. The molecule has 0 aromatic heterocycles. The lowest BCUT2D eigenvalue weighted by Gasteiger charge is -2.51. The van der Waals surface area contributed by atoms with Crippen molar-refractivity contribution in [3.05, 3.63) is 0 Å². The summed E-state index contributed by atoms with van der Waals surface area (Å²) < 4.78 is 23.6. The topological polar surface area (TPSA) is 66.6 Å². The number of fused-ring (bicyclic) bond motifs is 3. The summed E-state index contributed by atoms with van der Waals surface area (Å²) in [6.07, 6.45) is 5.07. The Morgan fingerprint density at radius 3 is 2.40 bits per heavy atom. The van der Waals surface area contributed by atoms with E-state index in [2.05, 4.69) is 9.80 Å². The van der Waals surface area contributed by atoms with Crippen LogP contribution >= 0.6 is 0 Å². The van der Waals surface area contributed by atoms with E-state index in [-0.39, 0.29) is 11.3 Å². The first-order valence-corrected chi connectivity index (χ1v) is 9.81. The van der Waals surface area contributed by atoms with Gasteiger partial charge in [-0.3, -0.25) is 9.80 Å². The molecule has 3 heterocycles. The zero-order valence-electron chi connectivity index (χ0n) is 12.4. The van der Waals surface area contributed by atoms with Crippen LogP contribution in [0.1, 0.15) is 25.7 Å². The molecule has 116 valence electrons. The summed E-state index contributed by atoms with van der Waals surface area (Å²) in [5.74, 6) is 0.369. The van der Waals surface area contributed by atoms with Crippen LogP contribution in [0.25, 0.3) is 0 Å². The molecule has 4 rings (SSSR count). The first-order chi connectivity index (χ1) is 9.45. The number of hydrogen-bond donors (Lipinski definition) is 1. The molecule has 2 bridgehead atoms. The molecule has 1 saturated carbocycles. The SMILES string of the molecule is CS(=O)(=O)C1CCCC(C(N)C2CN3CCN2CC3)C1. The Kier molecular flexibility index (Phi) is 4.10. The minimum absolute atomic E-state index is 0.127. The average molecular weight is 301 g/mol. The van der Waals surface area contributed by atoms with Gasteiger partial charge >= 0.3 is 0 Å². The van der Waals surface area contributed by atoms with Gasteiger partial charge in [-0.1, -0.05) is 6.42 Å². The van der Waals surface area contributed by atoms with E-state index in [0.29, 0.717) is 12.0 Å². The van der Waals surface area contributed by atoms with Crippen molar-refractivity contribution in [2.75, 3.05) is 39.0 Å². The van der Waals surface area contributed by atoms with Gasteiger partial charge < -0.3 is 5.73 Å². The Labute approximate surface area is 122 Å². The van der Waals surface area contributed by atoms with E-state index in [1.165, 1.54) is 19.3 Å². The molecule has 0 spiro atoms. The van der Waals surface area contributed by atoms with Crippen LogP contribution in [-0.4, -0.2) is 74.5 Å². The van der Waals surface area contributed by atoms with Crippen molar-refractivity contribution in [3.63, 3.8) is 0 Å². The lowest BCUT2D eigenvalue weighted by atomic mass is 9.80. The molecule has 1 aliphatic carbocycles. The van der Waals surface area contributed by atoms with Gasteiger partial charge in [-0.25, -0.2) is 8.42 Å². The number of piperazine rings is 3. The minimum Gasteiger partial charge on any atom is -0.326 e. The van der Waals surface area contributed by atoms with Crippen LogP contribution in [0, 0.1) is 5.92 Å². The van der Waals surface area contributed by atoms with Gasteiger partial charge in [0.1, 0.15) is 9.84 Å². The van der Waals surface area contributed by atoms with Gasteiger partial charge in [-0.15, -0.1) is 0 Å². The van der Waals surface area contributed by atoms with E-state index in [0.717, 1.165) is 45.3 Å². The summed E-state index contributed by atoms with van der Waals surface area (Å²) in [6, 6.07) is 0.559. The molecule has 4 aliphatic rings. The molecule has 0 aromatic rings. The van der Waals surface area contributed by atoms with Crippen LogP contribution in [0.4, 0.5) is 0 Å². The highest BCUT2D eigenvalue weighted by Crippen LogP contribution is 2.33. The quantitative estimate of drug-likeness (QED) is 0.789. The van der Waals surface area contributed by atoms with E-state index < -0.39 is 9.84 Å². The molecule has 20 heavy (non-hydrogen) atoms. The van der Waals surface area contributed by atoms with Crippen molar-refractivity contribution in [1.82, 2.24) is 9.80 Å². The molecule has 5 nitrogen and oxygen atoms in total. The van der Waals surface area contributed by atoms with Crippen LogP contribution < -0.4 is 5.73 Å². The maximum absolute atomic E-state index is 11.8. The standard InChI is InChI=1S/C14H27N3O2S/c1-20(18,19)12-4-2-3-11(9-12)14(15)13-10-16-5-7-17(13)8-6-16/h11-14H,2-10,15H2,1H3. The predicted molar refractivity (Wildman–Crippen MR) is 80.4 cm³/mol. The van der Waals surface area contributed by atoms with Gasteiger partial charge in [0.15, 0.2) is 0 Å². The molecule has 3 aliphatic heterocycles. The number of nitrogens with two attached hydrogens (primary N) is 1. The van der Waals surface area contributed by atoms with E-state index in [4.69, 9.17) is 5.73 Å². The highest BCUT2D eigenvalue weighted by Gasteiger charge is 2.40. The first-order valence-electron chi connectivity index (χ1n) is 7.86. The largest absolute Gasteiger partial charge is 0.326 e. The fourth-order valence-corrected chi connectivity index (χ4v) is 5.45. The Balaban J connectivity index is 1.66. The third-order valence-electron chi connectivity index (χ3n) is 5.58. The third kappa shape index (κ3) is 2.89. The van der Waals surface area contributed by atoms with Crippen LogP contribution in [-0.2, 0) is 9.84 Å². The highest BCUT2D eigenvalue weighted by molar-refractivity contribution is 7.91. The zero-order chi connectivity index (χ0) is 14.3. The Bertz CT molecular complexity index is 445. The summed E-state index contributed by atoms with van der Waals surface area (Å²) in [7, 11) is -2.91. The highest BCUT2D eigenvalue weighted by atomic mass is 32.2. The van der Waals surface area contributed by atoms with Crippen molar-refractivity contribution in [3.8, 4) is 0 Å². The molecule has 4 unspecified atom stereocenters. The summed E-state index contributed by atoms with van der Waals surface area (Å²) >= 11 is 0. The Morgan fingerprint density at radius 2 is 1.85 bits per heavy atom. The van der Waals surface area contributed by atoms with Gasteiger partial charge in [-0.2, -0.15) is 0 Å². The molecule has 3 saturated heterocycles. The summed E-state index contributed by atoms with van der Waals surface area (Å²) in [4.78, 5) is 5.02. The molecule has 4 fully saturated rings. The van der Waals surface area contributed by atoms with Crippen LogP contribution in [0.15, 0.2) is 0 Å². The summed E-state index contributed by atoms with van der Waals surface area (Å²) in [5.41, 5.74) is 6.55. The van der Waals surface area contributed by atoms with E-state index in [1.807, 2.05) is 0 Å². The molecular weight excluding hydrogens is 274 g/mol. The summed E-state index contributed by atoms with van der Waals surface area (Å²) in [6.45, 7) is 5.65. The molecule has 0 radical (unpaired) electrons. The predicted octanol–water partition coefficient (Wildman–Crippen LogP) is -0.0831. The maximum Gasteiger partial charge on any atom is 0.150 e. The zero-order valence-corrected chi connectivity index (χ0v) is 13.2. The fraction of sp³-hybridized carbons (Fsp3) is 1.00. The van der Waals surface area contributed by atoms with Crippen molar-refractivity contribution in [2.45, 2.75) is 43.0 Å². The Morgan fingerprint density at radius 1 is 1.15 bits per heavy atom. The van der Waals surface area contributed by atoms with E-state index >= 15 is 0 Å². The maximum atomic E-state index is 11.8.